The van der Waals surface area contributed by atoms with Gasteiger partial charge in [0.05, 0.1) is 18.6 Å². The Balaban J connectivity index is 1.68. The maximum Gasteiger partial charge on any atom is 0.118 e. The van der Waals surface area contributed by atoms with Crippen molar-refractivity contribution in [3.63, 3.8) is 0 Å². The van der Waals surface area contributed by atoms with E-state index >= 15 is 0 Å². The highest BCUT2D eigenvalue weighted by Gasteiger charge is 2.06. The minimum atomic E-state index is 0.444. The first-order chi connectivity index (χ1) is 9.28. The average Bonchev–Trinajstić information content (AvgIpc) is 3.05. The molecule has 3 nitrogen and oxygen atoms in total. The topological polar surface area (TPSA) is 38.3 Å². The van der Waals surface area contributed by atoms with E-state index in [-0.39, 0.29) is 0 Å². The number of aryl methyl sites for hydroxylation is 1. The summed E-state index contributed by atoms with van der Waals surface area (Å²) in [6, 6.07) is 8.51. The molecule has 2 rings (SSSR count). The van der Waals surface area contributed by atoms with Crippen LogP contribution in [0.5, 0.6) is 0 Å². The zero-order chi connectivity index (χ0) is 13.5. The largest absolute Gasteiger partial charge is 0.469 e. The molecule has 0 amide bonds. The Morgan fingerprint density at radius 2 is 2.05 bits per heavy atom. The summed E-state index contributed by atoms with van der Waals surface area (Å²) < 4.78 is 11.1. The van der Waals surface area contributed by atoms with Crippen molar-refractivity contribution in [1.29, 1.82) is 0 Å². The van der Waals surface area contributed by atoms with Crippen molar-refractivity contribution < 1.29 is 8.83 Å². The van der Waals surface area contributed by atoms with Crippen LogP contribution in [-0.4, -0.2) is 12.3 Å². The van der Waals surface area contributed by atoms with E-state index in [1.54, 1.807) is 18.0 Å². The van der Waals surface area contributed by atoms with Gasteiger partial charge in [-0.1, -0.05) is 0 Å². The number of rotatable bonds is 8. The summed E-state index contributed by atoms with van der Waals surface area (Å²) in [7, 11) is 0. The number of nitrogens with one attached hydrogen (secondary N) is 1. The minimum absolute atomic E-state index is 0.444. The Hall–Kier alpha value is -1.13. The summed E-state index contributed by atoms with van der Waals surface area (Å²) in [6.45, 7) is 2.97. The van der Waals surface area contributed by atoms with Crippen molar-refractivity contribution in [2.75, 3.05) is 6.26 Å². The summed E-state index contributed by atoms with van der Waals surface area (Å²) in [6.07, 6.45) is 5.84. The van der Waals surface area contributed by atoms with E-state index < -0.39 is 0 Å². The van der Waals surface area contributed by atoms with Gasteiger partial charge in [-0.15, -0.1) is 0 Å². The van der Waals surface area contributed by atoms with Gasteiger partial charge in [0.15, 0.2) is 0 Å². The standard InChI is InChI=1S/C15H21NO2S/c1-12(5-6-13-4-3-9-17-13)16-10-14-7-8-15(18-14)11-19-2/h3-4,7-9,12,16H,5-6,10-11H2,1-2H3. The molecule has 0 bridgehead atoms. The van der Waals surface area contributed by atoms with E-state index in [0.29, 0.717) is 6.04 Å². The van der Waals surface area contributed by atoms with Crippen molar-refractivity contribution in [2.45, 2.75) is 38.1 Å². The quantitative estimate of drug-likeness (QED) is 0.796. The van der Waals surface area contributed by atoms with Crippen molar-refractivity contribution in [2.24, 2.45) is 0 Å². The lowest BCUT2D eigenvalue weighted by molar-refractivity contribution is 0.419. The van der Waals surface area contributed by atoms with Gasteiger partial charge in [-0.2, -0.15) is 11.8 Å². The van der Waals surface area contributed by atoms with Crippen LogP contribution in [0.4, 0.5) is 0 Å². The van der Waals surface area contributed by atoms with E-state index in [9.17, 15) is 0 Å². The molecule has 2 aromatic rings. The molecule has 1 unspecified atom stereocenters. The van der Waals surface area contributed by atoms with Gasteiger partial charge in [0.1, 0.15) is 17.3 Å². The third-order valence-corrected chi connectivity index (χ3v) is 3.61. The zero-order valence-corrected chi connectivity index (χ0v) is 12.3. The van der Waals surface area contributed by atoms with Gasteiger partial charge in [-0.25, -0.2) is 0 Å². The van der Waals surface area contributed by atoms with E-state index in [2.05, 4.69) is 30.6 Å². The molecule has 0 spiro atoms. The molecule has 0 saturated carbocycles. The molecule has 0 saturated heterocycles. The molecule has 104 valence electrons. The van der Waals surface area contributed by atoms with Gasteiger partial charge in [0.25, 0.3) is 0 Å². The lowest BCUT2D eigenvalue weighted by Crippen LogP contribution is -2.25. The third-order valence-electron chi connectivity index (χ3n) is 3.03. The molecule has 4 heteroatoms. The molecule has 0 aromatic carbocycles. The molecule has 19 heavy (non-hydrogen) atoms. The first-order valence-electron chi connectivity index (χ1n) is 6.60. The molecule has 2 aromatic heterocycles. The van der Waals surface area contributed by atoms with Crippen LogP contribution < -0.4 is 5.32 Å². The van der Waals surface area contributed by atoms with Crippen molar-refractivity contribution in [1.82, 2.24) is 5.32 Å². The fourth-order valence-electron chi connectivity index (χ4n) is 1.93. The number of hydrogen-bond acceptors (Lipinski definition) is 4. The van der Waals surface area contributed by atoms with Crippen molar-refractivity contribution >= 4 is 11.8 Å². The molecule has 0 fully saturated rings. The van der Waals surface area contributed by atoms with Crippen molar-refractivity contribution in [3.8, 4) is 0 Å². The molecule has 0 aliphatic rings. The summed E-state index contributed by atoms with van der Waals surface area (Å²) in [5.74, 6) is 4.05. The fraction of sp³-hybridized carbons (Fsp3) is 0.467. The fourth-order valence-corrected chi connectivity index (χ4v) is 2.37. The number of furan rings is 2. The number of hydrogen-bond donors (Lipinski definition) is 1. The van der Waals surface area contributed by atoms with Crippen LogP contribution in [-0.2, 0) is 18.7 Å². The van der Waals surface area contributed by atoms with Crippen LogP contribution in [0, 0.1) is 0 Å². The molecule has 0 aliphatic heterocycles. The normalized spacial score (nSPS) is 12.7. The van der Waals surface area contributed by atoms with Gasteiger partial charge >= 0.3 is 0 Å². The minimum Gasteiger partial charge on any atom is -0.469 e. The second-order valence-electron chi connectivity index (χ2n) is 4.70. The average molecular weight is 279 g/mol. The van der Waals surface area contributed by atoms with Crippen LogP contribution in [0.2, 0.25) is 0 Å². The summed E-state index contributed by atoms with van der Waals surface area (Å²) >= 11 is 1.77. The monoisotopic (exact) mass is 279 g/mol. The highest BCUT2D eigenvalue weighted by atomic mass is 32.2. The maximum atomic E-state index is 5.72. The first kappa shape index (κ1) is 14.3. The summed E-state index contributed by atoms with van der Waals surface area (Å²) in [4.78, 5) is 0. The summed E-state index contributed by atoms with van der Waals surface area (Å²) in [5.41, 5.74) is 0. The lowest BCUT2D eigenvalue weighted by Gasteiger charge is -2.11. The van der Waals surface area contributed by atoms with E-state index in [1.807, 2.05) is 12.1 Å². The van der Waals surface area contributed by atoms with Gasteiger partial charge in [-0.05, 0) is 43.9 Å². The van der Waals surface area contributed by atoms with Crippen LogP contribution in [0.25, 0.3) is 0 Å². The van der Waals surface area contributed by atoms with E-state index in [1.165, 1.54) is 0 Å². The Morgan fingerprint density at radius 3 is 2.79 bits per heavy atom. The van der Waals surface area contributed by atoms with E-state index in [0.717, 1.165) is 42.4 Å². The predicted octanol–water partition coefficient (Wildman–Crippen LogP) is 3.85. The van der Waals surface area contributed by atoms with Crippen LogP contribution in [0.1, 0.15) is 30.6 Å². The zero-order valence-electron chi connectivity index (χ0n) is 11.5. The molecule has 1 N–H and O–H groups in total. The highest BCUT2D eigenvalue weighted by molar-refractivity contribution is 7.97. The Kier molecular flexibility index (Phi) is 5.61. The molecule has 0 radical (unpaired) electrons. The van der Waals surface area contributed by atoms with Gasteiger partial charge in [-0.3, -0.25) is 0 Å². The summed E-state index contributed by atoms with van der Waals surface area (Å²) in [5, 5.41) is 3.47. The third kappa shape index (κ3) is 4.80. The van der Waals surface area contributed by atoms with Gasteiger partial charge in [0, 0.05) is 12.5 Å². The molecular weight excluding hydrogens is 258 g/mol. The second kappa shape index (κ2) is 7.46. The Morgan fingerprint density at radius 1 is 1.21 bits per heavy atom. The van der Waals surface area contributed by atoms with Crippen LogP contribution in [0.3, 0.4) is 0 Å². The molecule has 2 heterocycles. The maximum absolute atomic E-state index is 5.72. The number of thioether (sulfide) groups is 1. The Labute approximate surface area is 118 Å². The Bertz CT molecular complexity index is 464. The second-order valence-corrected chi connectivity index (χ2v) is 5.57. The van der Waals surface area contributed by atoms with E-state index in [4.69, 9.17) is 8.83 Å². The van der Waals surface area contributed by atoms with Crippen molar-refractivity contribution in [3.05, 3.63) is 47.8 Å². The molecule has 1 atom stereocenters. The SMILES string of the molecule is CSCc1ccc(CNC(C)CCc2ccco2)o1. The van der Waals surface area contributed by atoms with Gasteiger partial charge in [0.2, 0.25) is 0 Å². The lowest BCUT2D eigenvalue weighted by atomic mass is 10.1. The van der Waals surface area contributed by atoms with Gasteiger partial charge < -0.3 is 14.2 Å². The highest BCUT2D eigenvalue weighted by Crippen LogP contribution is 2.13. The predicted molar refractivity (Wildman–Crippen MR) is 79.3 cm³/mol. The molecular formula is C15H21NO2S. The van der Waals surface area contributed by atoms with Crippen LogP contribution in [0.15, 0.2) is 39.4 Å². The van der Waals surface area contributed by atoms with Crippen LogP contribution >= 0.6 is 11.8 Å². The first-order valence-corrected chi connectivity index (χ1v) is 7.99. The smallest absolute Gasteiger partial charge is 0.118 e. The molecule has 0 aliphatic carbocycles.